The molecule has 0 radical (unpaired) electrons. The smallest absolute Gasteiger partial charge is 0.191 e. The Morgan fingerprint density at radius 2 is 2.00 bits per heavy atom. The lowest BCUT2D eigenvalue weighted by Gasteiger charge is -2.21. The number of thioether (sulfide) groups is 1. The van der Waals surface area contributed by atoms with Gasteiger partial charge in [-0.05, 0) is 44.6 Å². The summed E-state index contributed by atoms with van der Waals surface area (Å²) >= 11 is 1.87. The Kier molecular flexibility index (Phi) is 13.3. The van der Waals surface area contributed by atoms with Crippen LogP contribution in [0.3, 0.4) is 0 Å². The van der Waals surface area contributed by atoms with E-state index in [0.717, 1.165) is 45.0 Å². The fourth-order valence-electron chi connectivity index (χ4n) is 1.90. The minimum atomic E-state index is 0.326. The van der Waals surface area contributed by atoms with Gasteiger partial charge in [0.05, 0.1) is 6.10 Å². The van der Waals surface area contributed by atoms with Crippen molar-refractivity contribution in [3.63, 3.8) is 0 Å². The summed E-state index contributed by atoms with van der Waals surface area (Å²) in [6.07, 6.45) is 4.60. The molecule has 5 heteroatoms. The number of rotatable bonds is 11. The number of aliphatic imine (C=N–C) groups is 1. The Morgan fingerprint density at radius 3 is 2.55 bits per heavy atom. The first-order valence-corrected chi connectivity index (χ1v) is 9.17. The molecule has 0 fully saturated rings. The zero-order valence-electron chi connectivity index (χ0n) is 13.9. The summed E-state index contributed by atoms with van der Waals surface area (Å²) in [4.78, 5) is 4.58. The lowest BCUT2D eigenvalue weighted by molar-refractivity contribution is 0.0258. The molecule has 2 N–H and O–H groups in total. The SMILES string of the molecule is CCNC(=NCCCSC)NCCC(OCC)C(C)C. The van der Waals surface area contributed by atoms with Crippen molar-refractivity contribution in [1.29, 1.82) is 0 Å². The zero-order chi connectivity index (χ0) is 15.2. The van der Waals surface area contributed by atoms with Gasteiger partial charge in [0.1, 0.15) is 0 Å². The molecular formula is C15H33N3OS. The molecular weight excluding hydrogens is 270 g/mol. The molecule has 0 spiro atoms. The number of ether oxygens (including phenoxy) is 1. The van der Waals surface area contributed by atoms with E-state index in [1.165, 1.54) is 5.75 Å². The lowest BCUT2D eigenvalue weighted by Crippen LogP contribution is -2.39. The molecule has 0 saturated heterocycles. The highest BCUT2D eigenvalue weighted by Crippen LogP contribution is 2.09. The van der Waals surface area contributed by atoms with Crippen LogP contribution in [-0.4, -0.2) is 50.3 Å². The third-order valence-electron chi connectivity index (χ3n) is 2.97. The van der Waals surface area contributed by atoms with E-state index in [0.29, 0.717) is 12.0 Å². The maximum Gasteiger partial charge on any atom is 0.191 e. The minimum absolute atomic E-state index is 0.326. The Hall–Kier alpha value is -0.420. The molecule has 0 aliphatic rings. The standard InChI is InChI=1S/C15H33N3OS/c1-6-16-15(17-10-8-12-20-5)18-11-9-14(13(3)4)19-7-2/h13-14H,6-12H2,1-5H3,(H2,16,17,18). The normalized spacial score (nSPS) is 13.6. The molecule has 1 atom stereocenters. The van der Waals surface area contributed by atoms with Crippen molar-refractivity contribution in [3.05, 3.63) is 0 Å². The number of nitrogens with zero attached hydrogens (tertiary/aromatic N) is 1. The van der Waals surface area contributed by atoms with Crippen LogP contribution in [0.15, 0.2) is 4.99 Å². The Bertz CT molecular complexity index is 247. The minimum Gasteiger partial charge on any atom is -0.378 e. The van der Waals surface area contributed by atoms with Crippen LogP contribution in [-0.2, 0) is 4.74 Å². The van der Waals surface area contributed by atoms with Gasteiger partial charge in [0.15, 0.2) is 5.96 Å². The molecule has 20 heavy (non-hydrogen) atoms. The highest BCUT2D eigenvalue weighted by Gasteiger charge is 2.12. The third kappa shape index (κ3) is 10.4. The van der Waals surface area contributed by atoms with Crippen molar-refractivity contribution in [2.24, 2.45) is 10.9 Å². The molecule has 0 saturated carbocycles. The molecule has 0 aliphatic carbocycles. The van der Waals surface area contributed by atoms with Gasteiger partial charge in [-0.2, -0.15) is 11.8 Å². The van der Waals surface area contributed by atoms with E-state index >= 15 is 0 Å². The molecule has 0 aliphatic heterocycles. The first kappa shape index (κ1) is 19.6. The molecule has 0 aromatic heterocycles. The summed E-state index contributed by atoms with van der Waals surface area (Å²) in [5.41, 5.74) is 0. The van der Waals surface area contributed by atoms with E-state index in [4.69, 9.17) is 4.74 Å². The van der Waals surface area contributed by atoms with Crippen molar-refractivity contribution >= 4 is 17.7 Å². The largest absolute Gasteiger partial charge is 0.378 e. The number of hydrogen-bond donors (Lipinski definition) is 2. The number of nitrogens with one attached hydrogen (secondary N) is 2. The van der Waals surface area contributed by atoms with Gasteiger partial charge in [0.2, 0.25) is 0 Å². The summed E-state index contributed by atoms with van der Waals surface area (Å²) in [7, 11) is 0. The highest BCUT2D eigenvalue weighted by atomic mass is 32.2. The molecule has 0 heterocycles. The lowest BCUT2D eigenvalue weighted by atomic mass is 10.0. The van der Waals surface area contributed by atoms with E-state index < -0.39 is 0 Å². The molecule has 0 rings (SSSR count). The monoisotopic (exact) mass is 303 g/mol. The molecule has 0 aromatic carbocycles. The maximum atomic E-state index is 5.76. The van der Waals surface area contributed by atoms with E-state index in [2.05, 4.69) is 49.6 Å². The molecule has 120 valence electrons. The van der Waals surface area contributed by atoms with Crippen molar-refractivity contribution in [2.75, 3.05) is 38.2 Å². The van der Waals surface area contributed by atoms with Crippen molar-refractivity contribution in [2.45, 2.75) is 46.6 Å². The quantitative estimate of drug-likeness (QED) is 0.350. The first-order chi connectivity index (χ1) is 9.65. The second-order valence-electron chi connectivity index (χ2n) is 5.06. The van der Waals surface area contributed by atoms with Gasteiger partial charge in [-0.15, -0.1) is 0 Å². The van der Waals surface area contributed by atoms with E-state index in [-0.39, 0.29) is 0 Å². The van der Waals surface area contributed by atoms with Crippen LogP contribution < -0.4 is 10.6 Å². The van der Waals surface area contributed by atoms with Crippen LogP contribution in [0.4, 0.5) is 0 Å². The second kappa shape index (κ2) is 13.6. The molecule has 0 aromatic rings. The summed E-state index contributed by atoms with van der Waals surface area (Å²) in [5.74, 6) is 2.65. The maximum absolute atomic E-state index is 5.76. The summed E-state index contributed by atoms with van der Waals surface area (Å²) in [6, 6.07) is 0. The van der Waals surface area contributed by atoms with Gasteiger partial charge in [-0.3, -0.25) is 4.99 Å². The molecule has 0 bridgehead atoms. The van der Waals surface area contributed by atoms with Crippen LogP contribution in [0.2, 0.25) is 0 Å². The van der Waals surface area contributed by atoms with Crippen LogP contribution >= 0.6 is 11.8 Å². The topological polar surface area (TPSA) is 45.7 Å². The molecule has 0 amide bonds. The van der Waals surface area contributed by atoms with Gasteiger partial charge in [-0.1, -0.05) is 13.8 Å². The van der Waals surface area contributed by atoms with Gasteiger partial charge < -0.3 is 15.4 Å². The predicted octanol–water partition coefficient (Wildman–Crippen LogP) is 2.75. The van der Waals surface area contributed by atoms with E-state index in [1.54, 1.807) is 0 Å². The first-order valence-electron chi connectivity index (χ1n) is 7.78. The van der Waals surface area contributed by atoms with E-state index in [9.17, 15) is 0 Å². The van der Waals surface area contributed by atoms with Gasteiger partial charge in [-0.25, -0.2) is 0 Å². The highest BCUT2D eigenvalue weighted by molar-refractivity contribution is 7.98. The van der Waals surface area contributed by atoms with E-state index in [1.807, 2.05) is 11.8 Å². The fourth-order valence-corrected chi connectivity index (χ4v) is 2.32. The van der Waals surface area contributed by atoms with Gasteiger partial charge in [0, 0.05) is 26.2 Å². The molecule has 1 unspecified atom stereocenters. The third-order valence-corrected chi connectivity index (χ3v) is 3.66. The average molecular weight is 304 g/mol. The van der Waals surface area contributed by atoms with Crippen LogP contribution in [0, 0.1) is 5.92 Å². The fraction of sp³-hybridized carbons (Fsp3) is 0.933. The Labute approximate surface area is 129 Å². The Balaban J connectivity index is 4.05. The van der Waals surface area contributed by atoms with Crippen LogP contribution in [0.1, 0.15) is 40.5 Å². The summed E-state index contributed by atoms with van der Waals surface area (Å²) in [5, 5.41) is 6.68. The van der Waals surface area contributed by atoms with Crippen molar-refractivity contribution in [3.8, 4) is 0 Å². The summed E-state index contributed by atoms with van der Waals surface area (Å²) < 4.78 is 5.76. The summed E-state index contributed by atoms with van der Waals surface area (Å²) in [6.45, 7) is 12.0. The number of guanidine groups is 1. The Morgan fingerprint density at radius 1 is 1.25 bits per heavy atom. The van der Waals surface area contributed by atoms with Crippen molar-refractivity contribution < 1.29 is 4.74 Å². The zero-order valence-corrected chi connectivity index (χ0v) is 14.7. The van der Waals surface area contributed by atoms with Crippen LogP contribution in [0.5, 0.6) is 0 Å². The van der Waals surface area contributed by atoms with Crippen LogP contribution in [0.25, 0.3) is 0 Å². The van der Waals surface area contributed by atoms with Crippen molar-refractivity contribution in [1.82, 2.24) is 10.6 Å². The van der Waals surface area contributed by atoms with Gasteiger partial charge >= 0.3 is 0 Å². The van der Waals surface area contributed by atoms with Gasteiger partial charge in [0.25, 0.3) is 0 Å². The second-order valence-corrected chi connectivity index (χ2v) is 6.05. The average Bonchev–Trinajstić information content (AvgIpc) is 2.42. The predicted molar refractivity (Wildman–Crippen MR) is 91.8 cm³/mol. The molecule has 4 nitrogen and oxygen atoms in total. The number of hydrogen-bond acceptors (Lipinski definition) is 3.